The Labute approximate surface area is 94.8 Å². The fourth-order valence-electron chi connectivity index (χ4n) is 2.06. The van der Waals surface area contributed by atoms with E-state index in [1.165, 1.54) is 6.07 Å². The highest BCUT2D eigenvalue weighted by Gasteiger charge is 2.18. The van der Waals surface area contributed by atoms with E-state index >= 15 is 0 Å². The Balaban J connectivity index is 2.38. The van der Waals surface area contributed by atoms with Gasteiger partial charge in [-0.1, -0.05) is 0 Å². The van der Waals surface area contributed by atoms with Crippen molar-refractivity contribution in [3.05, 3.63) is 34.2 Å². The fraction of sp³-hybridized carbons (Fsp3) is 0.273. The highest BCUT2D eigenvalue weighted by Crippen LogP contribution is 2.33. The van der Waals surface area contributed by atoms with Crippen LogP contribution < -0.4 is 0 Å². The number of benzene rings is 1. The van der Waals surface area contributed by atoms with Crippen LogP contribution in [0.25, 0.3) is 10.9 Å². The molecule has 3 rings (SSSR count). The van der Waals surface area contributed by atoms with Crippen LogP contribution in [0.2, 0.25) is 0 Å². The van der Waals surface area contributed by atoms with Crippen molar-refractivity contribution in [2.45, 2.75) is 13.2 Å². The summed E-state index contributed by atoms with van der Waals surface area (Å²) < 4.78 is 21.6. The molecule has 15 heavy (non-hydrogen) atoms. The number of ether oxygens (including phenoxy) is 1. The summed E-state index contributed by atoms with van der Waals surface area (Å²) in [5, 5.41) is 0.926. The Hall–Kier alpha value is -0.870. The molecular weight excluding hydrogens is 261 g/mol. The zero-order valence-electron chi connectivity index (χ0n) is 7.96. The standard InChI is InChI=1S/C11H9BrFNO/c12-11-8-5-7(13)1-2-9(8)14-3-4-15-6-10(11)14/h1-2,5H,3-4,6H2. The monoisotopic (exact) mass is 269 g/mol. The summed E-state index contributed by atoms with van der Waals surface area (Å²) in [6.45, 7) is 2.15. The number of hydrogen-bond donors (Lipinski definition) is 0. The van der Waals surface area contributed by atoms with Crippen LogP contribution in [0.15, 0.2) is 22.7 Å². The summed E-state index contributed by atoms with van der Waals surface area (Å²) >= 11 is 3.50. The molecule has 0 saturated carbocycles. The molecule has 0 atom stereocenters. The maximum Gasteiger partial charge on any atom is 0.123 e. The van der Waals surface area contributed by atoms with Crippen molar-refractivity contribution in [1.82, 2.24) is 4.57 Å². The van der Waals surface area contributed by atoms with Gasteiger partial charge in [-0.3, -0.25) is 0 Å². The highest BCUT2D eigenvalue weighted by atomic mass is 79.9. The fourth-order valence-corrected chi connectivity index (χ4v) is 2.71. The maximum absolute atomic E-state index is 13.1. The minimum absolute atomic E-state index is 0.202. The topological polar surface area (TPSA) is 14.2 Å². The van der Waals surface area contributed by atoms with Crippen molar-refractivity contribution in [2.75, 3.05) is 6.61 Å². The highest BCUT2D eigenvalue weighted by molar-refractivity contribution is 9.10. The van der Waals surface area contributed by atoms with Gasteiger partial charge in [-0.2, -0.15) is 0 Å². The van der Waals surface area contributed by atoms with E-state index in [2.05, 4.69) is 20.5 Å². The second kappa shape index (κ2) is 3.32. The van der Waals surface area contributed by atoms with E-state index in [4.69, 9.17) is 4.74 Å². The van der Waals surface area contributed by atoms with E-state index in [9.17, 15) is 4.39 Å². The van der Waals surface area contributed by atoms with Crippen LogP contribution in [-0.2, 0) is 17.9 Å². The Kier molecular flexibility index (Phi) is 2.07. The van der Waals surface area contributed by atoms with E-state index < -0.39 is 0 Å². The van der Waals surface area contributed by atoms with Crippen LogP contribution in [0.4, 0.5) is 4.39 Å². The van der Waals surface area contributed by atoms with Gasteiger partial charge in [0.1, 0.15) is 5.82 Å². The number of fused-ring (bicyclic) bond motifs is 3. The van der Waals surface area contributed by atoms with Crippen LogP contribution in [0.3, 0.4) is 0 Å². The molecule has 1 aliphatic heterocycles. The van der Waals surface area contributed by atoms with Gasteiger partial charge in [0.15, 0.2) is 0 Å². The molecule has 1 aromatic heterocycles. The first kappa shape index (κ1) is 9.36. The van der Waals surface area contributed by atoms with Crippen molar-refractivity contribution < 1.29 is 9.13 Å². The third-order valence-electron chi connectivity index (χ3n) is 2.76. The minimum Gasteiger partial charge on any atom is -0.373 e. The lowest BCUT2D eigenvalue weighted by Gasteiger charge is -2.16. The Morgan fingerprint density at radius 2 is 2.27 bits per heavy atom. The molecule has 1 aliphatic rings. The van der Waals surface area contributed by atoms with Gasteiger partial charge in [-0.05, 0) is 34.1 Å². The molecule has 0 aliphatic carbocycles. The van der Waals surface area contributed by atoms with Gasteiger partial charge >= 0.3 is 0 Å². The second-order valence-corrected chi connectivity index (χ2v) is 4.42. The van der Waals surface area contributed by atoms with Crippen LogP contribution in [-0.4, -0.2) is 11.2 Å². The molecule has 1 aromatic carbocycles. The summed E-state index contributed by atoms with van der Waals surface area (Å²) in [5.74, 6) is -0.202. The molecule has 2 aromatic rings. The molecule has 0 N–H and O–H groups in total. The Morgan fingerprint density at radius 3 is 3.13 bits per heavy atom. The number of halogens is 2. The average Bonchev–Trinajstić information content (AvgIpc) is 2.54. The first-order valence-electron chi connectivity index (χ1n) is 4.81. The molecule has 4 heteroatoms. The SMILES string of the molecule is Fc1ccc2c(c1)c(Br)c1n2CCOC1. The molecule has 2 nitrogen and oxygen atoms in total. The number of nitrogens with zero attached hydrogens (tertiary/aromatic N) is 1. The Morgan fingerprint density at radius 1 is 1.40 bits per heavy atom. The molecule has 0 radical (unpaired) electrons. The van der Waals surface area contributed by atoms with Crippen molar-refractivity contribution >= 4 is 26.8 Å². The molecule has 0 bridgehead atoms. The third-order valence-corrected chi connectivity index (χ3v) is 3.65. The Bertz CT molecular complexity index is 535. The predicted octanol–water partition coefficient (Wildman–Crippen LogP) is 3.07. The van der Waals surface area contributed by atoms with E-state index in [0.29, 0.717) is 6.61 Å². The molecule has 0 saturated heterocycles. The van der Waals surface area contributed by atoms with E-state index in [1.807, 2.05) is 6.07 Å². The number of aromatic nitrogens is 1. The van der Waals surface area contributed by atoms with Crippen LogP contribution in [0.5, 0.6) is 0 Å². The third kappa shape index (κ3) is 1.32. The number of rotatable bonds is 0. The normalized spacial score (nSPS) is 15.6. The molecule has 2 heterocycles. The van der Waals surface area contributed by atoms with Gasteiger partial charge in [-0.15, -0.1) is 0 Å². The van der Waals surface area contributed by atoms with E-state index in [-0.39, 0.29) is 5.82 Å². The molecule has 0 amide bonds. The first-order chi connectivity index (χ1) is 7.27. The van der Waals surface area contributed by atoms with Crippen molar-refractivity contribution in [3.63, 3.8) is 0 Å². The molecule has 0 spiro atoms. The molecular formula is C11H9BrFNO. The van der Waals surface area contributed by atoms with Gasteiger partial charge < -0.3 is 9.30 Å². The minimum atomic E-state index is -0.202. The van der Waals surface area contributed by atoms with Crippen molar-refractivity contribution in [3.8, 4) is 0 Å². The second-order valence-electron chi connectivity index (χ2n) is 3.63. The molecule has 78 valence electrons. The smallest absolute Gasteiger partial charge is 0.123 e. The average molecular weight is 270 g/mol. The predicted molar refractivity (Wildman–Crippen MR) is 59.3 cm³/mol. The van der Waals surface area contributed by atoms with Gasteiger partial charge in [0.25, 0.3) is 0 Å². The van der Waals surface area contributed by atoms with Crippen molar-refractivity contribution in [2.24, 2.45) is 0 Å². The molecule has 0 unspecified atom stereocenters. The van der Waals surface area contributed by atoms with Crippen LogP contribution in [0, 0.1) is 5.82 Å². The molecule has 0 fully saturated rings. The van der Waals surface area contributed by atoms with E-state index in [1.54, 1.807) is 6.07 Å². The zero-order valence-corrected chi connectivity index (χ0v) is 9.55. The van der Waals surface area contributed by atoms with Crippen LogP contribution >= 0.6 is 15.9 Å². The lowest BCUT2D eigenvalue weighted by atomic mass is 10.2. The van der Waals surface area contributed by atoms with Gasteiger partial charge in [0.2, 0.25) is 0 Å². The zero-order chi connectivity index (χ0) is 10.4. The first-order valence-corrected chi connectivity index (χ1v) is 5.60. The maximum atomic E-state index is 13.1. The van der Waals surface area contributed by atoms with Crippen molar-refractivity contribution in [1.29, 1.82) is 0 Å². The summed E-state index contributed by atoms with van der Waals surface area (Å²) in [7, 11) is 0. The summed E-state index contributed by atoms with van der Waals surface area (Å²) in [5.41, 5.74) is 2.17. The van der Waals surface area contributed by atoms with Gasteiger partial charge in [0.05, 0.1) is 18.9 Å². The summed E-state index contributed by atoms with van der Waals surface area (Å²) in [4.78, 5) is 0. The van der Waals surface area contributed by atoms with Crippen LogP contribution in [0.1, 0.15) is 5.69 Å². The summed E-state index contributed by atoms with van der Waals surface area (Å²) in [6, 6.07) is 4.88. The van der Waals surface area contributed by atoms with E-state index in [0.717, 1.165) is 34.2 Å². The number of hydrogen-bond acceptors (Lipinski definition) is 1. The largest absolute Gasteiger partial charge is 0.373 e. The summed E-state index contributed by atoms with van der Waals surface area (Å²) in [6.07, 6.45) is 0. The lowest BCUT2D eigenvalue weighted by Crippen LogP contribution is -2.15. The van der Waals surface area contributed by atoms with Gasteiger partial charge in [0, 0.05) is 21.9 Å². The lowest BCUT2D eigenvalue weighted by molar-refractivity contribution is 0.0859. The van der Waals surface area contributed by atoms with Gasteiger partial charge in [-0.25, -0.2) is 4.39 Å². The quantitative estimate of drug-likeness (QED) is 0.717.